The van der Waals surface area contributed by atoms with Crippen molar-refractivity contribution in [2.75, 3.05) is 5.75 Å². The van der Waals surface area contributed by atoms with Gasteiger partial charge in [-0.15, -0.1) is 27.2 Å². The summed E-state index contributed by atoms with van der Waals surface area (Å²) in [5, 5.41) is 24.3. The second kappa shape index (κ2) is 7.01. The number of nitro benzene ring substituents is 1. The quantitative estimate of drug-likeness (QED) is 0.597. The van der Waals surface area contributed by atoms with Gasteiger partial charge in [0.15, 0.2) is 5.82 Å². The van der Waals surface area contributed by atoms with Gasteiger partial charge in [0.2, 0.25) is 5.16 Å². The van der Waals surface area contributed by atoms with Gasteiger partial charge in [0.1, 0.15) is 0 Å². The van der Waals surface area contributed by atoms with Crippen LogP contribution in [0.15, 0.2) is 34.5 Å². The minimum atomic E-state index is -0.404. The first-order valence-corrected chi connectivity index (χ1v) is 7.57. The maximum Gasteiger partial charge on any atom is 0.269 e. The van der Waals surface area contributed by atoms with Gasteiger partial charge in [-0.05, 0) is 24.1 Å². The number of aromatic nitrogens is 3. The van der Waals surface area contributed by atoms with Crippen molar-refractivity contribution < 1.29 is 4.92 Å². The zero-order valence-electron chi connectivity index (χ0n) is 11.8. The topological polar surface area (TPSA) is 86.2 Å². The third-order valence-corrected chi connectivity index (χ3v) is 4.05. The normalized spacial score (nSPS) is 13.0. The lowest BCUT2D eigenvalue weighted by Crippen LogP contribution is -2.14. The molecule has 22 heavy (non-hydrogen) atoms. The van der Waals surface area contributed by atoms with Crippen molar-refractivity contribution in [3.63, 3.8) is 0 Å². The van der Waals surface area contributed by atoms with Crippen molar-refractivity contribution in [1.29, 1.82) is 0 Å². The minimum absolute atomic E-state index is 0. The smallest absolute Gasteiger partial charge is 0.258 e. The first-order chi connectivity index (χ1) is 10.2. The molecule has 1 aromatic carbocycles. The van der Waals surface area contributed by atoms with E-state index in [1.165, 1.54) is 12.1 Å². The Bertz CT molecular complexity index is 714. The van der Waals surface area contributed by atoms with Crippen LogP contribution in [-0.4, -0.2) is 31.3 Å². The SMILES string of the molecule is Br.CCCc1nnc2n1N=C(c1ccc([N+](=O)[O-])cc1)CS2. The van der Waals surface area contributed by atoms with Crippen molar-refractivity contribution in [1.82, 2.24) is 14.9 Å². The first-order valence-electron chi connectivity index (χ1n) is 6.59. The second-order valence-corrected chi connectivity index (χ2v) is 5.54. The van der Waals surface area contributed by atoms with E-state index in [0.717, 1.165) is 35.1 Å². The zero-order valence-corrected chi connectivity index (χ0v) is 14.3. The van der Waals surface area contributed by atoms with Crippen molar-refractivity contribution in [2.45, 2.75) is 24.9 Å². The molecular formula is C13H14BrN5O2S. The van der Waals surface area contributed by atoms with Gasteiger partial charge >= 0.3 is 0 Å². The fraction of sp³-hybridized carbons (Fsp3) is 0.308. The van der Waals surface area contributed by atoms with Gasteiger partial charge < -0.3 is 0 Å². The number of nitro groups is 1. The Hall–Kier alpha value is -1.74. The molecule has 0 aliphatic carbocycles. The molecule has 0 unspecified atom stereocenters. The highest BCUT2D eigenvalue weighted by Gasteiger charge is 2.19. The molecule has 0 fully saturated rings. The van der Waals surface area contributed by atoms with E-state index in [-0.39, 0.29) is 22.7 Å². The van der Waals surface area contributed by atoms with Crippen molar-refractivity contribution >= 4 is 40.1 Å². The summed E-state index contributed by atoms with van der Waals surface area (Å²) in [5.41, 5.74) is 1.84. The second-order valence-electron chi connectivity index (χ2n) is 4.60. The predicted octanol–water partition coefficient (Wildman–Crippen LogP) is 3.07. The maximum absolute atomic E-state index is 10.7. The molecule has 0 spiro atoms. The number of thioether (sulfide) groups is 1. The summed E-state index contributed by atoms with van der Waals surface area (Å²) < 4.78 is 1.77. The highest BCUT2D eigenvalue weighted by atomic mass is 79.9. The zero-order chi connectivity index (χ0) is 14.8. The molecule has 0 saturated heterocycles. The number of non-ortho nitro benzene ring substituents is 1. The lowest BCUT2D eigenvalue weighted by molar-refractivity contribution is -0.384. The average molecular weight is 384 g/mol. The monoisotopic (exact) mass is 383 g/mol. The lowest BCUT2D eigenvalue weighted by Gasteiger charge is -2.13. The van der Waals surface area contributed by atoms with Crippen LogP contribution >= 0.6 is 28.7 Å². The third-order valence-electron chi connectivity index (χ3n) is 3.12. The van der Waals surface area contributed by atoms with Gasteiger partial charge in [-0.25, -0.2) is 0 Å². The number of fused-ring (bicyclic) bond motifs is 1. The maximum atomic E-state index is 10.7. The van der Waals surface area contributed by atoms with Crippen LogP contribution in [0.3, 0.4) is 0 Å². The van der Waals surface area contributed by atoms with Gasteiger partial charge in [-0.3, -0.25) is 10.1 Å². The molecule has 0 saturated carbocycles. The minimum Gasteiger partial charge on any atom is -0.258 e. The Kier molecular flexibility index (Phi) is 5.30. The molecular weight excluding hydrogens is 370 g/mol. The van der Waals surface area contributed by atoms with E-state index < -0.39 is 4.92 Å². The molecule has 7 nitrogen and oxygen atoms in total. The molecule has 0 N–H and O–H groups in total. The van der Waals surface area contributed by atoms with Crippen molar-refractivity contribution in [2.24, 2.45) is 5.10 Å². The summed E-state index contributed by atoms with van der Waals surface area (Å²) >= 11 is 1.57. The molecule has 1 aliphatic rings. The number of aryl methyl sites for hydroxylation is 1. The number of halogens is 1. The molecule has 2 heterocycles. The summed E-state index contributed by atoms with van der Waals surface area (Å²) in [6.07, 6.45) is 1.80. The van der Waals surface area contributed by atoms with Crippen LogP contribution in [0.5, 0.6) is 0 Å². The Morgan fingerprint density at radius 2 is 2.05 bits per heavy atom. The van der Waals surface area contributed by atoms with Crippen LogP contribution < -0.4 is 0 Å². The number of rotatable bonds is 4. The molecule has 2 aromatic rings. The molecule has 116 valence electrons. The average Bonchev–Trinajstić information content (AvgIpc) is 2.90. The van der Waals surface area contributed by atoms with E-state index in [1.807, 2.05) is 0 Å². The summed E-state index contributed by atoms with van der Waals surface area (Å²) in [5.74, 6) is 1.53. The van der Waals surface area contributed by atoms with Crippen LogP contribution in [0.25, 0.3) is 0 Å². The lowest BCUT2D eigenvalue weighted by atomic mass is 10.1. The number of hydrogen-bond donors (Lipinski definition) is 0. The van der Waals surface area contributed by atoms with E-state index in [2.05, 4.69) is 22.2 Å². The van der Waals surface area contributed by atoms with Crippen LogP contribution in [0.1, 0.15) is 24.7 Å². The fourth-order valence-electron chi connectivity index (χ4n) is 2.06. The van der Waals surface area contributed by atoms with Crippen LogP contribution in [0.2, 0.25) is 0 Å². The van der Waals surface area contributed by atoms with E-state index >= 15 is 0 Å². The van der Waals surface area contributed by atoms with Gasteiger partial charge in [-0.2, -0.15) is 9.78 Å². The highest BCUT2D eigenvalue weighted by Crippen LogP contribution is 2.25. The van der Waals surface area contributed by atoms with Crippen LogP contribution in [0.4, 0.5) is 5.69 Å². The molecule has 9 heteroatoms. The Morgan fingerprint density at radius 3 is 2.68 bits per heavy atom. The van der Waals surface area contributed by atoms with Gasteiger partial charge in [0, 0.05) is 24.3 Å². The van der Waals surface area contributed by atoms with Crippen LogP contribution in [-0.2, 0) is 6.42 Å². The number of nitrogens with zero attached hydrogens (tertiary/aromatic N) is 5. The standard InChI is InChI=1S/C13H13N5O2S.BrH/c1-2-3-12-14-15-13-17(12)16-11(8-21-13)9-4-6-10(7-5-9)18(19)20;/h4-7H,2-3,8H2,1H3;1H. The summed E-state index contributed by atoms with van der Waals surface area (Å²) in [6.45, 7) is 2.08. The number of hydrogen-bond acceptors (Lipinski definition) is 6. The van der Waals surface area contributed by atoms with E-state index in [0.29, 0.717) is 5.75 Å². The summed E-state index contributed by atoms with van der Waals surface area (Å²) in [4.78, 5) is 10.3. The Labute approximate surface area is 141 Å². The van der Waals surface area contributed by atoms with Gasteiger partial charge in [0.25, 0.3) is 5.69 Å². The number of benzene rings is 1. The van der Waals surface area contributed by atoms with E-state index in [1.54, 1.807) is 28.6 Å². The molecule has 0 atom stereocenters. The molecule has 0 amide bonds. The highest BCUT2D eigenvalue weighted by molar-refractivity contribution is 8.93. The first kappa shape index (κ1) is 16.6. The summed E-state index contributed by atoms with van der Waals surface area (Å²) in [7, 11) is 0. The molecule has 0 radical (unpaired) electrons. The van der Waals surface area contributed by atoms with E-state index in [9.17, 15) is 10.1 Å². The largest absolute Gasteiger partial charge is 0.269 e. The molecule has 0 bridgehead atoms. The van der Waals surface area contributed by atoms with Crippen molar-refractivity contribution in [3.05, 3.63) is 45.8 Å². The third kappa shape index (κ3) is 3.20. The molecule has 3 rings (SSSR count). The van der Waals surface area contributed by atoms with Gasteiger partial charge in [-0.1, -0.05) is 18.7 Å². The molecule has 1 aromatic heterocycles. The van der Waals surface area contributed by atoms with Crippen molar-refractivity contribution in [3.8, 4) is 0 Å². The van der Waals surface area contributed by atoms with Gasteiger partial charge in [0.05, 0.1) is 10.6 Å². The Morgan fingerprint density at radius 1 is 1.32 bits per heavy atom. The fourth-order valence-corrected chi connectivity index (χ4v) is 2.92. The predicted molar refractivity (Wildman–Crippen MR) is 90.1 cm³/mol. The Balaban J connectivity index is 0.00000176. The van der Waals surface area contributed by atoms with Crippen LogP contribution in [0, 0.1) is 10.1 Å². The molecule has 1 aliphatic heterocycles. The summed E-state index contributed by atoms with van der Waals surface area (Å²) in [6, 6.07) is 6.45. The van der Waals surface area contributed by atoms with E-state index in [4.69, 9.17) is 0 Å².